The number of hydrogen-bond acceptors (Lipinski definition) is 5. The molecule has 0 atom stereocenters. The second-order valence-electron chi connectivity index (χ2n) is 3.52. The molecule has 5 heteroatoms. The molecule has 0 aliphatic carbocycles. The Hall–Kier alpha value is -1.10. The summed E-state index contributed by atoms with van der Waals surface area (Å²) in [6.07, 6.45) is 3.37. The van der Waals surface area contributed by atoms with Gasteiger partial charge in [0.2, 0.25) is 6.04 Å². The Kier molecular flexibility index (Phi) is 8.52. The Balaban J connectivity index is 3.78. The largest absolute Gasteiger partial charge is 0.464 e. The molecule has 0 fully saturated rings. The van der Waals surface area contributed by atoms with Crippen molar-refractivity contribution in [2.24, 2.45) is 5.73 Å². The van der Waals surface area contributed by atoms with E-state index in [1.807, 2.05) is 13.8 Å². The number of hydrogen-bond donors (Lipinski definition) is 1. The van der Waals surface area contributed by atoms with Gasteiger partial charge in [-0.15, -0.1) is 0 Å². The summed E-state index contributed by atoms with van der Waals surface area (Å²) in [7, 11) is 0. The summed E-state index contributed by atoms with van der Waals surface area (Å²) in [5.74, 6) is -1.43. The average Bonchev–Trinajstić information content (AvgIpc) is 2.28. The van der Waals surface area contributed by atoms with Crippen LogP contribution in [0.2, 0.25) is 0 Å². The predicted octanol–water partition coefficient (Wildman–Crippen LogP) is 1.00. The molecule has 0 saturated carbocycles. The van der Waals surface area contributed by atoms with Gasteiger partial charge in [-0.25, -0.2) is 9.59 Å². The van der Waals surface area contributed by atoms with Crippen molar-refractivity contribution in [3.05, 3.63) is 0 Å². The zero-order valence-corrected chi connectivity index (χ0v) is 10.0. The van der Waals surface area contributed by atoms with E-state index in [2.05, 4.69) is 0 Å². The van der Waals surface area contributed by atoms with E-state index < -0.39 is 18.0 Å². The molecule has 0 spiro atoms. The standard InChI is InChI=1S/C11H21NO4/c1-3-5-7-15-10(13)9(12)11(14)16-8-6-4-2/h9H,3-8,12H2,1-2H3. The number of rotatable bonds is 8. The first-order valence-corrected chi connectivity index (χ1v) is 5.72. The second kappa shape index (κ2) is 9.15. The van der Waals surface area contributed by atoms with Crippen LogP contribution in [0.5, 0.6) is 0 Å². The van der Waals surface area contributed by atoms with Gasteiger partial charge in [-0.3, -0.25) is 0 Å². The minimum Gasteiger partial charge on any atom is -0.464 e. The van der Waals surface area contributed by atoms with Crippen molar-refractivity contribution in [3.8, 4) is 0 Å². The third-order valence-electron chi connectivity index (χ3n) is 1.99. The van der Waals surface area contributed by atoms with E-state index in [-0.39, 0.29) is 0 Å². The Morgan fingerprint density at radius 3 is 1.69 bits per heavy atom. The van der Waals surface area contributed by atoms with Crippen LogP contribution >= 0.6 is 0 Å². The van der Waals surface area contributed by atoms with Crippen molar-refractivity contribution in [1.82, 2.24) is 0 Å². The maximum absolute atomic E-state index is 11.2. The molecule has 0 amide bonds. The number of carbonyl (C=O) groups excluding carboxylic acids is 2. The Morgan fingerprint density at radius 1 is 1.00 bits per heavy atom. The van der Waals surface area contributed by atoms with Gasteiger partial charge in [0.15, 0.2) is 0 Å². The van der Waals surface area contributed by atoms with Crippen molar-refractivity contribution in [2.45, 2.75) is 45.6 Å². The topological polar surface area (TPSA) is 78.6 Å². The molecule has 2 N–H and O–H groups in total. The lowest BCUT2D eigenvalue weighted by atomic mass is 10.3. The summed E-state index contributed by atoms with van der Waals surface area (Å²) in [5.41, 5.74) is 5.38. The molecule has 5 nitrogen and oxygen atoms in total. The summed E-state index contributed by atoms with van der Waals surface area (Å²) in [5, 5.41) is 0. The predicted molar refractivity (Wildman–Crippen MR) is 59.7 cm³/mol. The molecule has 16 heavy (non-hydrogen) atoms. The minimum absolute atomic E-state index is 0.297. The van der Waals surface area contributed by atoms with Crippen molar-refractivity contribution in [1.29, 1.82) is 0 Å². The molecule has 0 aromatic heterocycles. The highest BCUT2D eigenvalue weighted by atomic mass is 16.6. The third kappa shape index (κ3) is 6.40. The quantitative estimate of drug-likeness (QED) is 0.383. The summed E-state index contributed by atoms with van der Waals surface area (Å²) in [4.78, 5) is 22.5. The monoisotopic (exact) mass is 231 g/mol. The molecule has 0 aromatic carbocycles. The highest BCUT2D eigenvalue weighted by molar-refractivity contribution is 5.98. The lowest BCUT2D eigenvalue weighted by molar-refractivity contribution is -0.157. The van der Waals surface area contributed by atoms with E-state index in [1.165, 1.54) is 0 Å². The molecule has 0 aliphatic heterocycles. The van der Waals surface area contributed by atoms with E-state index in [9.17, 15) is 9.59 Å². The Morgan fingerprint density at radius 2 is 1.38 bits per heavy atom. The first-order chi connectivity index (χ1) is 7.63. The molecule has 0 aromatic rings. The normalized spacial score (nSPS) is 10.2. The zero-order valence-electron chi connectivity index (χ0n) is 10.0. The van der Waals surface area contributed by atoms with E-state index in [1.54, 1.807) is 0 Å². The summed E-state index contributed by atoms with van der Waals surface area (Å²) < 4.78 is 9.61. The van der Waals surface area contributed by atoms with Crippen molar-refractivity contribution in [3.63, 3.8) is 0 Å². The van der Waals surface area contributed by atoms with Gasteiger partial charge >= 0.3 is 11.9 Å². The van der Waals surface area contributed by atoms with Crippen LogP contribution < -0.4 is 5.73 Å². The van der Waals surface area contributed by atoms with Gasteiger partial charge in [-0.1, -0.05) is 26.7 Å². The molecule has 0 aliphatic rings. The maximum Gasteiger partial charge on any atom is 0.334 e. The smallest absolute Gasteiger partial charge is 0.334 e. The molecular formula is C11H21NO4. The van der Waals surface area contributed by atoms with Crippen molar-refractivity contribution in [2.75, 3.05) is 13.2 Å². The fourth-order valence-electron chi connectivity index (χ4n) is 0.910. The van der Waals surface area contributed by atoms with Crippen LogP contribution in [0.25, 0.3) is 0 Å². The van der Waals surface area contributed by atoms with E-state index >= 15 is 0 Å². The SMILES string of the molecule is CCCCOC(=O)C(N)C(=O)OCCCC. The van der Waals surface area contributed by atoms with Crippen LogP contribution in [-0.4, -0.2) is 31.2 Å². The summed E-state index contributed by atoms with van der Waals surface area (Å²) in [6.45, 7) is 4.55. The molecule has 0 heterocycles. The summed E-state index contributed by atoms with van der Waals surface area (Å²) >= 11 is 0. The molecule has 0 bridgehead atoms. The van der Waals surface area contributed by atoms with E-state index in [0.717, 1.165) is 25.7 Å². The number of esters is 2. The molecule has 0 rings (SSSR count). The number of unbranched alkanes of at least 4 members (excludes halogenated alkanes) is 2. The van der Waals surface area contributed by atoms with Gasteiger partial charge in [-0.05, 0) is 12.8 Å². The van der Waals surface area contributed by atoms with Gasteiger partial charge < -0.3 is 15.2 Å². The fraction of sp³-hybridized carbons (Fsp3) is 0.818. The van der Waals surface area contributed by atoms with Crippen LogP contribution in [0.1, 0.15) is 39.5 Å². The van der Waals surface area contributed by atoms with Crippen LogP contribution in [0, 0.1) is 0 Å². The summed E-state index contributed by atoms with van der Waals surface area (Å²) in [6, 6.07) is -1.31. The van der Waals surface area contributed by atoms with Crippen molar-refractivity contribution < 1.29 is 19.1 Å². The number of nitrogens with two attached hydrogens (primary N) is 1. The second-order valence-corrected chi connectivity index (χ2v) is 3.52. The highest BCUT2D eigenvalue weighted by Gasteiger charge is 2.24. The molecular weight excluding hydrogens is 210 g/mol. The number of ether oxygens (including phenoxy) is 2. The molecule has 94 valence electrons. The van der Waals surface area contributed by atoms with Crippen molar-refractivity contribution >= 4 is 11.9 Å². The van der Waals surface area contributed by atoms with Gasteiger partial charge in [0.05, 0.1) is 13.2 Å². The Bertz CT molecular complexity index is 196. The number of carbonyl (C=O) groups is 2. The lowest BCUT2D eigenvalue weighted by Crippen LogP contribution is -2.41. The van der Waals surface area contributed by atoms with Crippen LogP contribution in [0.4, 0.5) is 0 Å². The molecule has 0 saturated heterocycles. The Labute approximate surface area is 96.3 Å². The zero-order chi connectivity index (χ0) is 12.4. The van der Waals surface area contributed by atoms with Gasteiger partial charge in [0.25, 0.3) is 0 Å². The fourth-order valence-corrected chi connectivity index (χ4v) is 0.910. The third-order valence-corrected chi connectivity index (χ3v) is 1.99. The van der Waals surface area contributed by atoms with Crippen LogP contribution in [-0.2, 0) is 19.1 Å². The van der Waals surface area contributed by atoms with Gasteiger partial charge in [-0.2, -0.15) is 0 Å². The van der Waals surface area contributed by atoms with E-state index in [0.29, 0.717) is 13.2 Å². The first-order valence-electron chi connectivity index (χ1n) is 5.72. The molecule has 0 unspecified atom stereocenters. The van der Waals surface area contributed by atoms with Gasteiger partial charge in [0, 0.05) is 0 Å². The highest BCUT2D eigenvalue weighted by Crippen LogP contribution is 1.95. The van der Waals surface area contributed by atoms with Crippen LogP contribution in [0.3, 0.4) is 0 Å². The van der Waals surface area contributed by atoms with Gasteiger partial charge in [0.1, 0.15) is 0 Å². The first kappa shape index (κ1) is 14.9. The van der Waals surface area contributed by atoms with E-state index in [4.69, 9.17) is 15.2 Å². The average molecular weight is 231 g/mol. The molecule has 0 radical (unpaired) electrons. The van der Waals surface area contributed by atoms with Crippen LogP contribution in [0.15, 0.2) is 0 Å². The lowest BCUT2D eigenvalue weighted by Gasteiger charge is -2.10. The maximum atomic E-state index is 11.2. The minimum atomic E-state index is -1.31.